The summed E-state index contributed by atoms with van der Waals surface area (Å²) < 4.78 is 5.40. The van der Waals surface area contributed by atoms with E-state index in [1.54, 1.807) is 7.11 Å². The maximum atomic E-state index is 5.46. The van der Waals surface area contributed by atoms with Crippen LogP contribution in [-0.4, -0.2) is 44.2 Å². The Balaban J connectivity index is 2.45. The molecule has 0 amide bonds. The van der Waals surface area contributed by atoms with E-state index in [0.717, 1.165) is 42.2 Å². The quantitative estimate of drug-likeness (QED) is 0.843. The first-order chi connectivity index (χ1) is 9.52. The number of nitrogens with zero attached hydrogens (tertiary/aromatic N) is 1. The van der Waals surface area contributed by atoms with Gasteiger partial charge >= 0.3 is 0 Å². The molecule has 4 heteroatoms. The summed E-state index contributed by atoms with van der Waals surface area (Å²) in [6.45, 7) is 4.24. The number of hydrogen-bond acceptors (Lipinski definition) is 3. The number of benzene rings is 1. The molecule has 0 fully saturated rings. The molecule has 0 aliphatic carbocycles. The SMILES string of the molecule is CCC1(CCN(C)C)CNC(=S)c2ccc(OC)cc21. The second-order valence-electron chi connectivity index (χ2n) is 5.78. The summed E-state index contributed by atoms with van der Waals surface area (Å²) in [6.07, 6.45) is 2.21. The van der Waals surface area contributed by atoms with E-state index in [0.29, 0.717) is 0 Å². The van der Waals surface area contributed by atoms with Gasteiger partial charge in [-0.2, -0.15) is 0 Å². The molecule has 0 aromatic heterocycles. The molecule has 0 saturated carbocycles. The number of hydrogen-bond donors (Lipinski definition) is 1. The van der Waals surface area contributed by atoms with E-state index in [9.17, 15) is 0 Å². The largest absolute Gasteiger partial charge is 0.497 e. The van der Waals surface area contributed by atoms with E-state index in [4.69, 9.17) is 17.0 Å². The maximum absolute atomic E-state index is 5.46. The standard InChI is InChI=1S/C16H24N2OS/c1-5-16(8-9-18(2)3)11-17-15(20)13-7-6-12(19-4)10-14(13)16/h6-7,10H,5,8-9,11H2,1-4H3,(H,17,20). The molecule has 1 atom stereocenters. The van der Waals surface area contributed by atoms with Crippen molar-refractivity contribution in [1.29, 1.82) is 0 Å². The molecular formula is C16H24N2OS. The number of fused-ring (bicyclic) bond motifs is 1. The average molecular weight is 292 g/mol. The molecule has 1 unspecified atom stereocenters. The van der Waals surface area contributed by atoms with Crippen molar-refractivity contribution in [3.63, 3.8) is 0 Å². The van der Waals surface area contributed by atoms with Gasteiger partial charge in [-0.15, -0.1) is 0 Å². The Morgan fingerprint density at radius 3 is 2.75 bits per heavy atom. The lowest BCUT2D eigenvalue weighted by molar-refractivity contribution is 0.298. The molecule has 1 aliphatic rings. The van der Waals surface area contributed by atoms with Crippen LogP contribution in [0.5, 0.6) is 5.75 Å². The van der Waals surface area contributed by atoms with Gasteiger partial charge in [0.15, 0.2) is 0 Å². The fraction of sp³-hybridized carbons (Fsp3) is 0.562. The first-order valence-corrected chi connectivity index (χ1v) is 7.54. The van der Waals surface area contributed by atoms with Gasteiger partial charge in [-0.25, -0.2) is 0 Å². The Labute approximate surface area is 127 Å². The zero-order valence-electron chi connectivity index (χ0n) is 12.8. The number of thiocarbonyl (C=S) groups is 1. The summed E-state index contributed by atoms with van der Waals surface area (Å²) in [7, 11) is 5.96. The van der Waals surface area contributed by atoms with Crippen molar-refractivity contribution in [3.8, 4) is 5.75 Å². The van der Waals surface area contributed by atoms with Gasteiger partial charge in [0.1, 0.15) is 10.7 Å². The van der Waals surface area contributed by atoms with Crippen LogP contribution < -0.4 is 10.1 Å². The zero-order valence-corrected chi connectivity index (χ0v) is 13.6. The van der Waals surface area contributed by atoms with Crippen LogP contribution in [0.4, 0.5) is 0 Å². The molecule has 1 N–H and O–H groups in total. The van der Waals surface area contributed by atoms with Crippen LogP contribution in [0.2, 0.25) is 0 Å². The van der Waals surface area contributed by atoms with E-state index in [1.807, 2.05) is 6.07 Å². The molecule has 20 heavy (non-hydrogen) atoms. The Kier molecular flexibility index (Phi) is 4.66. The summed E-state index contributed by atoms with van der Waals surface area (Å²) in [4.78, 5) is 3.10. The van der Waals surface area contributed by atoms with Crippen molar-refractivity contribution in [2.24, 2.45) is 0 Å². The van der Waals surface area contributed by atoms with Gasteiger partial charge in [-0.3, -0.25) is 0 Å². The lowest BCUT2D eigenvalue weighted by Gasteiger charge is -2.40. The minimum Gasteiger partial charge on any atom is -0.497 e. The van der Waals surface area contributed by atoms with Crippen LogP contribution in [0.3, 0.4) is 0 Å². The summed E-state index contributed by atoms with van der Waals surface area (Å²) in [5.74, 6) is 0.913. The van der Waals surface area contributed by atoms with E-state index in [2.05, 4.69) is 43.4 Å². The molecule has 0 radical (unpaired) electrons. The van der Waals surface area contributed by atoms with Crippen molar-refractivity contribution in [3.05, 3.63) is 29.3 Å². The number of ether oxygens (including phenoxy) is 1. The molecular weight excluding hydrogens is 268 g/mol. The third-order valence-electron chi connectivity index (χ3n) is 4.34. The normalized spacial score (nSPS) is 21.6. The Morgan fingerprint density at radius 1 is 1.40 bits per heavy atom. The first-order valence-electron chi connectivity index (χ1n) is 7.14. The highest BCUT2D eigenvalue weighted by Gasteiger charge is 2.36. The monoisotopic (exact) mass is 292 g/mol. The predicted octanol–water partition coefficient (Wildman–Crippen LogP) is 2.57. The molecule has 0 spiro atoms. The zero-order chi connectivity index (χ0) is 14.8. The first kappa shape index (κ1) is 15.3. The van der Waals surface area contributed by atoms with Crippen molar-refractivity contribution >= 4 is 17.2 Å². The van der Waals surface area contributed by atoms with Crippen LogP contribution in [0.25, 0.3) is 0 Å². The highest BCUT2D eigenvalue weighted by Crippen LogP contribution is 2.38. The molecule has 1 aromatic rings. The number of rotatable bonds is 5. The smallest absolute Gasteiger partial charge is 0.119 e. The van der Waals surface area contributed by atoms with E-state index in [-0.39, 0.29) is 5.41 Å². The van der Waals surface area contributed by atoms with Crippen LogP contribution in [0.15, 0.2) is 18.2 Å². The van der Waals surface area contributed by atoms with Crippen LogP contribution in [0, 0.1) is 0 Å². The fourth-order valence-electron chi connectivity index (χ4n) is 2.88. The van der Waals surface area contributed by atoms with Gasteiger partial charge in [0, 0.05) is 17.5 Å². The van der Waals surface area contributed by atoms with Gasteiger partial charge in [0.2, 0.25) is 0 Å². The van der Waals surface area contributed by atoms with Gasteiger partial charge in [0.25, 0.3) is 0 Å². The van der Waals surface area contributed by atoms with Gasteiger partial charge in [-0.05, 0) is 57.2 Å². The third-order valence-corrected chi connectivity index (χ3v) is 4.71. The van der Waals surface area contributed by atoms with Gasteiger partial charge in [-0.1, -0.05) is 19.1 Å². The fourth-order valence-corrected chi connectivity index (χ4v) is 3.13. The lowest BCUT2D eigenvalue weighted by atomic mass is 9.71. The highest BCUT2D eigenvalue weighted by molar-refractivity contribution is 7.80. The Bertz CT molecular complexity index is 501. The predicted molar refractivity (Wildman–Crippen MR) is 87.8 cm³/mol. The number of methoxy groups -OCH3 is 1. The lowest BCUT2D eigenvalue weighted by Crippen LogP contribution is -2.47. The molecule has 0 saturated heterocycles. The van der Waals surface area contributed by atoms with Crippen LogP contribution in [-0.2, 0) is 5.41 Å². The minimum absolute atomic E-state index is 0.135. The molecule has 1 heterocycles. The summed E-state index contributed by atoms with van der Waals surface area (Å²) >= 11 is 5.46. The second kappa shape index (κ2) is 6.10. The number of nitrogens with one attached hydrogen (secondary N) is 1. The maximum Gasteiger partial charge on any atom is 0.119 e. The molecule has 0 bridgehead atoms. The summed E-state index contributed by atoms with van der Waals surface area (Å²) in [5, 5.41) is 3.41. The van der Waals surface area contributed by atoms with E-state index < -0.39 is 0 Å². The Morgan fingerprint density at radius 2 is 2.15 bits per heavy atom. The second-order valence-corrected chi connectivity index (χ2v) is 6.19. The van der Waals surface area contributed by atoms with Gasteiger partial charge in [0.05, 0.1) is 7.11 Å². The van der Waals surface area contributed by atoms with Crippen LogP contribution in [0.1, 0.15) is 30.9 Å². The summed E-state index contributed by atoms with van der Waals surface area (Å²) in [5.41, 5.74) is 2.63. The average Bonchev–Trinajstić information content (AvgIpc) is 2.46. The van der Waals surface area contributed by atoms with Gasteiger partial charge < -0.3 is 15.0 Å². The molecule has 2 rings (SSSR count). The summed E-state index contributed by atoms with van der Waals surface area (Å²) in [6, 6.07) is 6.24. The van der Waals surface area contributed by atoms with E-state index >= 15 is 0 Å². The highest BCUT2D eigenvalue weighted by atomic mass is 32.1. The molecule has 110 valence electrons. The van der Waals surface area contributed by atoms with Crippen LogP contribution >= 0.6 is 12.2 Å². The topological polar surface area (TPSA) is 24.5 Å². The van der Waals surface area contributed by atoms with Crippen molar-refractivity contribution in [1.82, 2.24) is 10.2 Å². The molecule has 3 nitrogen and oxygen atoms in total. The van der Waals surface area contributed by atoms with E-state index in [1.165, 1.54) is 5.56 Å². The molecule has 1 aliphatic heterocycles. The van der Waals surface area contributed by atoms with Crippen molar-refractivity contribution in [2.45, 2.75) is 25.2 Å². The van der Waals surface area contributed by atoms with Crippen molar-refractivity contribution < 1.29 is 4.74 Å². The molecule has 1 aromatic carbocycles. The third kappa shape index (κ3) is 2.81. The van der Waals surface area contributed by atoms with Crippen molar-refractivity contribution in [2.75, 3.05) is 34.3 Å². The Hall–Kier alpha value is -1.13. The minimum atomic E-state index is 0.135.